The van der Waals surface area contributed by atoms with Gasteiger partial charge in [-0.05, 0) is 53.2 Å². The zero-order valence-corrected chi connectivity index (χ0v) is 18.1. The summed E-state index contributed by atoms with van der Waals surface area (Å²) in [5, 5.41) is 0.969. The largest absolute Gasteiger partial charge is 0.489 e. The van der Waals surface area contributed by atoms with E-state index in [1.54, 1.807) is 18.2 Å². The fourth-order valence-corrected chi connectivity index (χ4v) is 3.20. The van der Waals surface area contributed by atoms with E-state index in [0.717, 1.165) is 30.3 Å². The van der Waals surface area contributed by atoms with Crippen molar-refractivity contribution in [2.45, 2.75) is 0 Å². The zero-order chi connectivity index (χ0) is 24.9. The number of rotatable bonds is 3. The molecule has 0 saturated carbocycles. The monoisotopic (exact) mass is 474 g/mol. The molecule has 0 aliphatic carbocycles. The first-order valence-electron chi connectivity index (χ1n) is 10.3. The lowest BCUT2D eigenvalue weighted by molar-refractivity contribution is 0.358. The van der Waals surface area contributed by atoms with E-state index in [4.69, 9.17) is 4.74 Å². The van der Waals surface area contributed by atoms with Crippen LogP contribution in [0.2, 0.25) is 0 Å². The van der Waals surface area contributed by atoms with Crippen LogP contribution in [-0.2, 0) is 0 Å². The van der Waals surface area contributed by atoms with Crippen LogP contribution in [0.3, 0.4) is 0 Å². The highest BCUT2D eigenvalue weighted by Crippen LogP contribution is 2.21. The molecule has 0 unspecified atom stereocenters. The third-order valence-electron chi connectivity index (χ3n) is 4.91. The van der Waals surface area contributed by atoms with Gasteiger partial charge in [-0.25, -0.2) is 22.0 Å². The van der Waals surface area contributed by atoms with Crippen LogP contribution < -0.4 is 4.74 Å². The zero-order valence-electron chi connectivity index (χ0n) is 18.1. The second-order valence-corrected chi connectivity index (χ2v) is 7.38. The van der Waals surface area contributed by atoms with E-state index >= 15 is 0 Å². The highest BCUT2D eigenvalue weighted by Gasteiger charge is 2.10. The molecule has 4 aromatic rings. The highest BCUT2D eigenvalue weighted by atomic mass is 19.2. The molecule has 0 radical (unpaired) electrons. The third kappa shape index (κ3) is 5.51. The number of hydrogen-bond acceptors (Lipinski definition) is 1. The molecule has 0 saturated heterocycles. The van der Waals surface area contributed by atoms with Gasteiger partial charge in [0.25, 0.3) is 0 Å². The van der Waals surface area contributed by atoms with Crippen molar-refractivity contribution in [3.8, 4) is 29.4 Å². The van der Waals surface area contributed by atoms with Gasteiger partial charge in [-0.15, -0.1) is 0 Å². The lowest BCUT2D eigenvalue weighted by Gasteiger charge is -2.05. The first kappa shape index (κ1) is 23.6. The average Bonchev–Trinajstić information content (AvgIpc) is 2.82. The Bertz CT molecular complexity index is 1560. The minimum atomic E-state index is -0.970. The fourth-order valence-electron chi connectivity index (χ4n) is 3.20. The van der Waals surface area contributed by atoms with Gasteiger partial charge in [0.05, 0.1) is 11.1 Å². The van der Waals surface area contributed by atoms with E-state index in [1.807, 2.05) is 0 Å². The van der Waals surface area contributed by atoms with Gasteiger partial charge in [0, 0.05) is 23.3 Å². The maximum absolute atomic E-state index is 14.5. The molecule has 4 aromatic carbocycles. The normalized spacial score (nSPS) is 10.2. The van der Waals surface area contributed by atoms with Crippen molar-refractivity contribution in [1.82, 2.24) is 0 Å². The van der Waals surface area contributed by atoms with Gasteiger partial charge >= 0.3 is 0 Å². The minimum Gasteiger partial charge on any atom is -0.489 e. The number of halogens is 5. The van der Waals surface area contributed by atoms with Gasteiger partial charge in [0.15, 0.2) is 11.6 Å². The summed E-state index contributed by atoms with van der Waals surface area (Å²) in [4.78, 5) is 0. The minimum absolute atomic E-state index is 0.00290. The van der Waals surface area contributed by atoms with Crippen molar-refractivity contribution in [3.63, 3.8) is 0 Å². The highest BCUT2D eigenvalue weighted by molar-refractivity contribution is 5.84. The summed E-state index contributed by atoms with van der Waals surface area (Å²) in [6, 6.07) is 12.9. The molecule has 1 nitrogen and oxygen atoms in total. The van der Waals surface area contributed by atoms with Crippen LogP contribution in [0.25, 0.3) is 10.8 Å². The Balaban J connectivity index is 1.56. The summed E-state index contributed by atoms with van der Waals surface area (Å²) in [6.07, 6.45) is 1.44. The van der Waals surface area contributed by atoms with Crippen LogP contribution in [0.5, 0.6) is 5.75 Å². The molecule has 0 aliphatic rings. The molecule has 0 bridgehead atoms. The van der Waals surface area contributed by atoms with Crippen molar-refractivity contribution >= 4 is 10.8 Å². The van der Waals surface area contributed by atoms with Crippen LogP contribution >= 0.6 is 0 Å². The summed E-state index contributed by atoms with van der Waals surface area (Å²) in [5.74, 6) is 5.98. The molecule has 0 N–H and O–H groups in total. The standard InChI is InChI=1S/C29H15F5O/c1-2-11-35-23-16-26(31)24(27(32)17-23)10-6-19-4-8-20(25(30)13-19)7-3-18-5-9-21-14-28(33)29(34)15-22(21)12-18/h2,4-5,8-9,12-17H,1,11H2. The second-order valence-electron chi connectivity index (χ2n) is 7.38. The van der Waals surface area contributed by atoms with E-state index in [2.05, 4.69) is 30.3 Å². The molecule has 35 heavy (non-hydrogen) atoms. The molecule has 172 valence electrons. The Kier molecular flexibility index (Phi) is 6.85. The molecular weight excluding hydrogens is 459 g/mol. The lowest BCUT2D eigenvalue weighted by atomic mass is 10.1. The molecule has 0 spiro atoms. The van der Waals surface area contributed by atoms with E-state index < -0.39 is 34.6 Å². The molecule has 0 fully saturated rings. The van der Waals surface area contributed by atoms with Gasteiger partial charge in [0.2, 0.25) is 0 Å². The molecule has 6 heteroatoms. The summed E-state index contributed by atoms with van der Waals surface area (Å²) in [7, 11) is 0. The molecule has 0 aliphatic heterocycles. The predicted molar refractivity (Wildman–Crippen MR) is 124 cm³/mol. The predicted octanol–water partition coefficient (Wildman–Crippen LogP) is 6.90. The topological polar surface area (TPSA) is 9.23 Å². The van der Waals surface area contributed by atoms with E-state index in [-0.39, 0.29) is 23.5 Å². The molecule has 0 atom stereocenters. The molecule has 0 amide bonds. The van der Waals surface area contributed by atoms with Crippen molar-refractivity contribution in [1.29, 1.82) is 0 Å². The molecule has 4 rings (SSSR count). The number of ether oxygens (including phenoxy) is 1. The van der Waals surface area contributed by atoms with Crippen molar-refractivity contribution in [2.75, 3.05) is 6.61 Å². The number of fused-ring (bicyclic) bond motifs is 1. The van der Waals surface area contributed by atoms with E-state index in [0.29, 0.717) is 16.3 Å². The van der Waals surface area contributed by atoms with Crippen LogP contribution in [0.4, 0.5) is 22.0 Å². The third-order valence-corrected chi connectivity index (χ3v) is 4.91. The van der Waals surface area contributed by atoms with Gasteiger partial charge in [-0.3, -0.25) is 0 Å². The molecular formula is C29H15F5O. The lowest BCUT2D eigenvalue weighted by Crippen LogP contribution is -1.97. The molecule has 0 aromatic heterocycles. The van der Waals surface area contributed by atoms with Crippen LogP contribution in [-0.4, -0.2) is 6.61 Å². The van der Waals surface area contributed by atoms with Gasteiger partial charge < -0.3 is 4.74 Å². The van der Waals surface area contributed by atoms with Crippen molar-refractivity contribution < 1.29 is 26.7 Å². The second kappa shape index (κ2) is 10.2. The first-order chi connectivity index (χ1) is 16.8. The Hall–Kier alpha value is -4.55. The van der Waals surface area contributed by atoms with Crippen LogP contribution in [0.1, 0.15) is 22.3 Å². The van der Waals surface area contributed by atoms with Crippen LogP contribution in [0.15, 0.2) is 73.3 Å². The fraction of sp³-hybridized carbons (Fsp3) is 0.0345. The number of benzene rings is 4. The average molecular weight is 474 g/mol. The van der Waals surface area contributed by atoms with Gasteiger partial charge in [0.1, 0.15) is 29.8 Å². The van der Waals surface area contributed by atoms with Crippen molar-refractivity contribution in [2.24, 2.45) is 0 Å². The molecule has 0 heterocycles. The Labute approximate surface area is 198 Å². The summed E-state index contributed by atoms with van der Waals surface area (Å²) in [6.45, 7) is 3.56. The van der Waals surface area contributed by atoms with E-state index in [1.165, 1.54) is 18.2 Å². The summed E-state index contributed by atoms with van der Waals surface area (Å²) in [5.41, 5.74) is 0.287. The Morgan fingerprint density at radius 3 is 1.94 bits per heavy atom. The maximum Gasteiger partial charge on any atom is 0.159 e. The smallest absolute Gasteiger partial charge is 0.159 e. The Morgan fingerprint density at radius 2 is 1.26 bits per heavy atom. The summed E-state index contributed by atoms with van der Waals surface area (Å²) < 4.78 is 74.9. The van der Waals surface area contributed by atoms with Crippen molar-refractivity contribution in [3.05, 3.63) is 125 Å². The van der Waals surface area contributed by atoms with Gasteiger partial charge in [-0.2, -0.15) is 0 Å². The van der Waals surface area contributed by atoms with Gasteiger partial charge in [-0.1, -0.05) is 42.4 Å². The van der Waals surface area contributed by atoms with E-state index in [9.17, 15) is 22.0 Å². The quantitative estimate of drug-likeness (QED) is 0.178. The summed E-state index contributed by atoms with van der Waals surface area (Å²) >= 11 is 0. The Morgan fingerprint density at radius 1 is 0.629 bits per heavy atom. The maximum atomic E-state index is 14.5. The van der Waals surface area contributed by atoms with Crippen LogP contribution in [0, 0.1) is 52.8 Å². The first-order valence-corrected chi connectivity index (χ1v) is 10.3. The SMILES string of the molecule is C=CCOc1cc(F)c(C#Cc2ccc(C#Cc3ccc4cc(F)c(F)cc4c3)c(F)c2)c(F)c1. The number of hydrogen-bond donors (Lipinski definition) is 0.